The summed E-state index contributed by atoms with van der Waals surface area (Å²) in [7, 11) is 0. The number of hydrogen-bond acceptors (Lipinski definition) is 3. The fourth-order valence-corrected chi connectivity index (χ4v) is 10.3. The lowest BCUT2D eigenvalue weighted by molar-refractivity contribution is 1.29. The van der Waals surface area contributed by atoms with Crippen molar-refractivity contribution in [2.24, 2.45) is 0 Å². The first-order valence-electron chi connectivity index (χ1n) is 22.6. The minimum atomic E-state index is 1.01. The summed E-state index contributed by atoms with van der Waals surface area (Å²) in [6.07, 6.45) is 1.88. The summed E-state index contributed by atoms with van der Waals surface area (Å²) in [5.41, 5.74) is 24.3. The first kappa shape index (κ1) is 37.7. The van der Waals surface area contributed by atoms with Crippen LogP contribution in [0.4, 0.5) is 34.1 Å². The second-order valence-corrected chi connectivity index (χ2v) is 17.1. The molecule has 2 aliphatic rings. The van der Waals surface area contributed by atoms with E-state index in [0.717, 1.165) is 67.3 Å². The molecule has 0 aliphatic carbocycles. The van der Waals surface area contributed by atoms with Gasteiger partial charge in [-0.15, -0.1) is 0 Å². The number of hydrogen-bond donors (Lipinski definition) is 0. The number of nitrogens with zero attached hydrogens (tertiary/aromatic N) is 3. The molecule has 0 N–H and O–H groups in total. The molecule has 0 unspecified atom stereocenters. The zero-order valence-electron chi connectivity index (χ0n) is 36.0. The molecule has 11 aromatic rings. The van der Waals surface area contributed by atoms with Crippen LogP contribution in [0.15, 0.2) is 249 Å². The summed E-state index contributed by atoms with van der Waals surface area (Å²) < 4.78 is 0. The average molecular weight is 840 g/mol. The SMILES string of the molecule is c1ccc(-c2cccc(N3c4ccccc4-c4ccccc4-c4ccc(-c5ccc6c(c5)N(c5ccc(-c7cccc8cccnc78)cc5)c5ccccc5-c5ccccc5-6)cc43)c2)cc1. The molecule has 3 heteroatoms. The Balaban J connectivity index is 1.01. The highest BCUT2D eigenvalue weighted by Gasteiger charge is 2.29. The quantitative estimate of drug-likeness (QED) is 0.172. The summed E-state index contributed by atoms with van der Waals surface area (Å²) in [5.74, 6) is 0. The average Bonchev–Trinajstić information content (AvgIpc) is 3.60. The van der Waals surface area contributed by atoms with Crippen LogP contribution in [0, 0.1) is 0 Å². The Bertz CT molecular complexity index is 3660. The lowest BCUT2D eigenvalue weighted by Crippen LogP contribution is -2.11. The largest absolute Gasteiger partial charge is 0.309 e. The fourth-order valence-electron chi connectivity index (χ4n) is 10.3. The van der Waals surface area contributed by atoms with Crippen molar-refractivity contribution in [1.82, 2.24) is 4.98 Å². The van der Waals surface area contributed by atoms with Gasteiger partial charge in [0.15, 0.2) is 0 Å². The maximum atomic E-state index is 4.78. The Morgan fingerprint density at radius 3 is 1.29 bits per heavy atom. The van der Waals surface area contributed by atoms with Crippen LogP contribution in [-0.2, 0) is 0 Å². The maximum Gasteiger partial charge on any atom is 0.0780 e. The second-order valence-electron chi connectivity index (χ2n) is 17.1. The van der Waals surface area contributed by atoms with Crippen LogP contribution in [-0.4, -0.2) is 4.98 Å². The fraction of sp³-hybridized carbons (Fsp3) is 0. The highest BCUT2D eigenvalue weighted by atomic mass is 15.2. The molecule has 0 spiro atoms. The van der Waals surface area contributed by atoms with Gasteiger partial charge in [0.25, 0.3) is 0 Å². The van der Waals surface area contributed by atoms with E-state index in [1.165, 1.54) is 55.6 Å². The van der Waals surface area contributed by atoms with Crippen LogP contribution in [0.5, 0.6) is 0 Å². The van der Waals surface area contributed by atoms with E-state index >= 15 is 0 Å². The van der Waals surface area contributed by atoms with Crippen molar-refractivity contribution in [3.8, 4) is 77.9 Å². The van der Waals surface area contributed by atoms with Gasteiger partial charge in [-0.1, -0.05) is 188 Å². The van der Waals surface area contributed by atoms with E-state index in [0.29, 0.717) is 0 Å². The monoisotopic (exact) mass is 839 g/mol. The number of rotatable bonds is 5. The van der Waals surface area contributed by atoms with E-state index in [-0.39, 0.29) is 0 Å². The molecule has 13 rings (SSSR count). The zero-order valence-corrected chi connectivity index (χ0v) is 36.0. The number of pyridine rings is 1. The smallest absolute Gasteiger partial charge is 0.0780 e. The molecule has 308 valence electrons. The van der Waals surface area contributed by atoms with E-state index in [1.807, 2.05) is 12.3 Å². The van der Waals surface area contributed by atoms with Crippen molar-refractivity contribution in [2.75, 3.05) is 9.80 Å². The summed E-state index contributed by atoms with van der Waals surface area (Å²) >= 11 is 0. The van der Waals surface area contributed by atoms with E-state index in [2.05, 4.69) is 246 Å². The third kappa shape index (κ3) is 6.17. The molecular weight excluding hydrogens is 799 g/mol. The lowest BCUT2D eigenvalue weighted by atomic mass is 9.91. The van der Waals surface area contributed by atoms with E-state index in [1.54, 1.807) is 0 Å². The molecule has 1 aromatic heterocycles. The Hall–Kier alpha value is -8.79. The summed E-state index contributed by atoms with van der Waals surface area (Å²) in [6.45, 7) is 0. The zero-order chi connectivity index (χ0) is 43.6. The Morgan fingerprint density at radius 1 is 0.242 bits per heavy atom. The molecule has 0 bridgehead atoms. The molecule has 0 saturated heterocycles. The predicted molar refractivity (Wildman–Crippen MR) is 276 cm³/mol. The number of aromatic nitrogens is 1. The van der Waals surface area contributed by atoms with Crippen molar-refractivity contribution in [2.45, 2.75) is 0 Å². The van der Waals surface area contributed by atoms with E-state index < -0.39 is 0 Å². The third-order valence-corrected chi connectivity index (χ3v) is 13.4. The molecular formula is C63H41N3. The van der Waals surface area contributed by atoms with Gasteiger partial charge >= 0.3 is 0 Å². The molecule has 0 atom stereocenters. The number of para-hydroxylation sites is 3. The van der Waals surface area contributed by atoms with Gasteiger partial charge < -0.3 is 9.80 Å². The highest BCUT2D eigenvalue weighted by molar-refractivity contribution is 6.06. The van der Waals surface area contributed by atoms with Crippen molar-refractivity contribution in [3.05, 3.63) is 249 Å². The third-order valence-electron chi connectivity index (χ3n) is 13.4. The topological polar surface area (TPSA) is 19.4 Å². The van der Waals surface area contributed by atoms with Gasteiger partial charge in [0.05, 0.1) is 28.3 Å². The predicted octanol–water partition coefficient (Wildman–Crippen LogP) is 17.5. The Kier molecular flexibility index (Phi) is 8.85. The van der Waals surface area contributed by atoms with E-state index in [9.17, 15) is 0 Å². The number of fused-ring (bicyclic) bond motifs is 11. The Labute approximate surface area is 384 Å². The van der Waals surface area contributed by atoms with Gasteiger partial charge in [-0.3, -0.25) is 4.98 Å². The van der Waals surface area contributed by atoms with E-state index in [4.69, 9.17) is 4.98 Å². The first-order valence-corrected chi connectivity index (χ1v) is 22.6. The summed E-state index contributed by atoms with van der Waals surface area (Å²) in [4.78, 5) is 9.71. The summed E-state index contributed by atoms with van der Waals surface area (Å²) in [6, 6.07) is 88.6. The van der Waals surface area contributed by atoms with Crippen LogP contribution < -0.4 is 9.80 Å². The van der Waals surface area contributed by atoms with Crippen LogP contribution in [0.3, 0.4) is 0 Å². The molecule has 3 heterocycles. The van der Waals surface area contributed by atoms with Gasteiger partial charge in [0.1, 0.15) is 0 Å². The van der Waals surface area contributed by atoms with Crippen molar-refractivity contribution < 1.29 is 0 Å². The molecule has 0 saturated carbocycles. The van der Waals surface area contributed by atoms with Crippen LogP contribution in [0.1, 0.15) is 0 Å². The van der Waals surface area contributed by atoms with Crippen molar-refractivity contribution in [3.63, 3.8) is 0 Å². The van der Waals surface area contributed by atoms with Gasteiger partial charge in [-0.25, -0.2) is 0 Å². The molecule has 2 aliphatic heterocycles. The van der Waals surface area contributed by atoms with Crippen LogP contribution >= 0.6 is 0 Å². The van der Waals surface area contributed by atoms with Crippen LogP contribution in [0.25, 0.3) is 88.8 Å². The lowest BCUT2D eigenvalue weighted by Gasteiger charge is -2.29. The van der Waals surface area contributed by atoms with Gasteiger partial charge in [0.2, 0.25) is 0 Å². The molecule has 3 nitrogen and oxygen atoms in total. The molecule has 0 fully saturated rings. The van der Waals surface area contributed by atoms with Crippen LogP contribution in [0.2, 0.25) is 0 Å². The summed E-state index contributed by atoms with van der Waals surface area (Å²) in [5, 5.41) is 1.13. The molecule has 0 radical (unpaired) electrons. The second kappa shape index (κ2) is 15.5. The Morgan fingerprint density at radius 2 is 0.682 bits per heavy atom. The molecule has 10 aromatic carbocycles. The van der Waals surface area contributed by atoms with Crippen molar-refractivity contribution in [1.29, 1.82) is 0 Å². The molecule has 0 amide bonds. The van der Waals surface area contributed by atoms with Crippen molar-refractivity contribution >= 4 is 45.0 Å². The standard InChI is InChI=1S/C63H41N3/c1-2-15-42(16-3-1)45-18-12-20-49(39-45)66-60-29-11-9-26-56(60)52-22-5-7-24-54(52)58-37-33-47(41-62(58)66)46-32-36-57-53-23-6-4-21-51(53)55-25-8-10-28-59(55)65(61(57)40-46)48-34-30-43(31-35-48)50-27-13-17-44-19-14-38-64-63(44)50/h1-41H. The van der Waals surface area contributed by atoms with Gasteiger partial charge in [-0.05, 0) is 105 Å². The van der Waals surface area contributed by atoms with Gasteiger partial charge in [-0.2, -0.15) is 0 Å². The molecule has 66 heavy (non-hydrogen) atoms. The number of anilines is 6. The van der Waals surface area contributed by atoms with Gasteiger partial charge in [0, 0.05) is 50.8 Å². The maximum absolute atomic E-state index is 4.78. The minimum Gasteiger partial charge on any atom is -0.309 e. The normalized spacial score (nSPS) is 12.2. The first-order chi connectivity index (χ1) is 32.7. The highest BCUT2D eigenvalue weighted by Crippen LogP contribution is 2.54. The number of benzene rings is 10. The minimum absolute atomic E-state index is 1.01.